The SMILES string of the molecule is COC(=O)NC(C(=O)N1[C@@H]2C[C@@H]2C[C@H]1c1ncc(-c2ccc3c(c2)cc2n3C(c3ccc4c(c3)OCCC4)Oc3cc(-c4cnc([C@@H]5CCCN5C(=O)[C@@H](NC(=O)OC)C(C)C)[nH]4)cc(F)c3-2)[nH]1)C1CCOC(C)(C)C1. The van der Waals surface area contributed by atoms with Crippen LogP contribution >= 0.6 is 0 Å². The van der Waals surface area contributed by atoms with E-state index in [9.17, 15) is 19.2 Å². The van der Waals surface area contributed by atoms with Gasteiger partial charge in [-0.15, -0.1) is 0 Å². The molecule has 398 valence electrons. The second-order valence-electron chi connectivity index (χ2n) is 22.2. The fourth-order valence-electron chi connectivity index (χ4n) is 12.6. The zero-order chi connectivity index (χ0) is 52.7. The van der Waals surface area contributed by atoms with E-state index in [4.69, 9.17) is 33.7 Å². The maximum Gasteiger partial charge on any atom is 0.407 e. The van der Waals surface area contributed by atoms with E-state index in [0.717, 1.165) is 71.1 Å². The van der Waals surface area contributed by atoms with Gasteiger partial charge < -0.3 is 58.7 Å². The van der Waals surface area contributed by atoms with Gasteiger partial charge in [0, 0.05) is 41.3 Å². The Labute approximate surface area is 439 Å². The van der Waals surface area contributed by atoms with Gasteiger partial charge in [0.15, 0.2) is 0 Å². The number of nitrogens with zero attached hydrogens (tertiary/aromatic N) is 5. The molecule has 8 heterocycles. The number of rotatable bonds is 11. The van der Waals surface area contributed by atoms with Gasteiger partial charge in [0.1, 0.15) is 41.0 Å². The Balaban J connectivity index is 0.863. The first-order valence-corrected chi connectivity index (χ1v) is 26.6. The van der Waals surface area contributed by atoms with Gasteiger partial charge in [-0.25, -0.2) is 23.9 Å². The van der Waals surface area contributed by atoms with Crippen LogP contribution in [-0.4, -0.2) is 116 Å². The van der Waals surface area contributed by atoms with Crippen molar-refractivity contribution in [2.45, 2.75) is 121 Å². The molecule has 8 atom stereocenters. The Kier molecular flexibility index (Phi) is 12.6. The molecular weight excluding hydrogens is 974 g/mol. The summed E-state index contributed by atoms with van der Waals surface area (Å²) in [7, 11) is 2.58. The minimum Gasteiger partial charge on any atom is -0.493 e. The molecule has 3 saturated heterocycles. The summed E-state index contributed by atoms with van der Waals surface area (Å²) in [5, 5.41) is 6.45. The molecule has 3 unspecified atom stereocenters. The standard InChI is InChI=1S/C57H64FN9O9/c1-29(2)48(63-55(70)72-5)52(68)65-16-7-10-41(65)50-59-28-39(62-50)34-20-37(58)47-43-22-35-19-31(13-14-40(35)67(43)54(76-46(47)25-34)32-12-11-30-9-8-17-74-45(30)24-32)38-27-60-51(61-38)44-23-36-21-42(36)66(44)53(69)49(64-56(71)73-6)33-15-18-75-57(3,4)26-33/h11-14,19-20,22,24-25,27-29,33,36,41-42,44,48-49,54H,7-10,15-18,21,23,26H2,1-6H3,(H,59,62)(H,60,61)(H,63,70)(H,64,71)/t33?,36-,41+,42-,44+,48+,49?,54?/m1/s1. The zero-order valence-electron chi connectivity index (χ0n) is 43.6. The van der Waals surface area contributed by atoms with Crippen LogP contribution in [0.25, 0.3) is 44.7 Å². The molecule has 5 aliphatic heterocycles. The molecule has 0 bridgehead atoms. The number of imidazole rings is 2. The third-order valence-electron chi connectivity index (χ3n) is 16.5. The number of carbonyl (C=O) groups excluding carboxylic acids is 4. The van der Waals surface area contributed by atoms with Gasteiger partial charge in [-0.3, -0.25) is 9.59 Å². The Bertz CT molecular complexity index is 3270. The minimum absolute atomic E-state index is 0.0695. The van der Waals surface area contributed by atoms with E-state index in [1.165, 1.54) is 20.3 Å². The lowest BCUT2D eigenvalue weighted by atomic mass is 9.82. The van der Waals surface area contributed by atoms with E-state index in [0.29, 0.717) is 84.9 Å². The van der Waals surface area contributed by atoms with Crippen molar-refractivity contribution in [1.82, 2.24) is 44.9 Å². The molecule has 3 aromatic carbocycles. The van der Waals surface area contributed by atoms with E-state index in [2.05, 4.69) is 38.8 Å². The number of hydrogen-bond acceptors (Lipinski definition) is 11. The summed E-state index contributed by atoms with van der Waals surface area (Å²) in [4.78, 5) is 73.8. The zero-order valence-corrected chi connectivity index (χ0v) is 43.6. The lowest BCUT2D eigenvalue weighted by Gasteiger charge is -2.40. The molecule has 4 N–H and O–H groups in total. The van der Waals surface area contributed by atoms with Crippen LogP contribution in [-0.2, 0) is 30.2 Å². The number of H-pyrrole nitrogens is 2. The Hall–Kier alpha value is -7.41. The molecular formula is C57H64FN9O9. The number of amides is 4. The number of carbonyl (C=O) groups is 4. The monoisotopic (exact) mass is 1040 g/mol. The van der Waals surface area contributed by atoms with Crippen LogP contribution in [0.1, 0.15) is 114 Å². The highest BCUT2D eigenvalue weighted by molar-refractivity contribution is 5.93. The molecule has 6 aliphatic rings. The second-order valence-corrected chi connectivity index (χ2v) is 22.2. The number of fused-ring (bicyclic) bond motifs is 7. The first kappa shape index (κ1) is 49.5. The van der Waals surface area contributed by atoms with Crippen molar-refractivity contribution < 1.29 is 47.3 Å². The van der Waals surface area contributed by atoms with Crippen molar-refractivity contribution in [3.63, 3.8) is 0 Å². The van der Waals surface area contributed by atoms with Crippen LogP contribution in [0.5, 0.6) is 11.5 Å². The van der Waals surface area contributed by atoms with Gasteiger partial charge in [0.2, 0.25) is 18.0 Å². The van der Waals surface area contributed by atoms with Gasteiger partial charge >= 0.3 is 12.2 Å². The predicted octanol–water partition coefficient (Wildman–Crippen LogP) is 9.13. The Morgan fingerprint density at radius 1 is 0.829 bits per heavy atom. The number of alkyl carbamates (subject to hydrolysis) is 2. The van der Waals surface area contributed by atoms with Crippen LogP contribution in [0.4, 0.5) is 14.0 Å². The molecule has 0 radical (unpaired) electrons. The van der Waals surface area contributed by atoms with Gasteiger partial charge in [0.05, 0.1) is 79.1 Å². The third-order valence-corrected chi connectivity index (χ3v) is 16.5. The first-order valence-electron chi connectivity index (χ1n) is 26.6. The minimum atomic E-state index is -0.782. The summed E-state index contributed by atoms with van der Waals surface area (Å²) in [6.07, 6.45) is 7.64. The lowest BCUT2D eigenvalue weighted by Crippen LogP contribution is -2.55. The molecule has 1 aliphatic carbocycles. The summed E-state index contributed by atoms with van der Waals surface area (Å²) < 4.78 is 48.1. The van der Waals surface area contributed by atoms with Crippen LogP contribution in [0.3, 0.4) is 0 Å². The van der Waals surface area contributed by atoms with E-state index in [1.54, 1.807) is 17.3 Å². The third kappa shape index (κ3) is 8.88. The molecule has 12 rings (SSSR count). The molecule has 1 saturated carbocycles. The molecule has 19 heteroatoms. The van der Waals surface area contributed by atoms with Crippen molar-refractivity contribution in [3.05, 3.63) is 95.6 Å². The number of benzene rings is 3. The number of methoxy groups -OCH3 is 2. The number of nitrogens with one attached hydrogen (secondary N) is 4. The number of ether oxygens (including phenoxy) is 5. The number of piperidine rings is 1. The van der Waals surface area contributed by atoms with Crippen molar-refractivity contribution in [2.24, 2.45) is 17.8 Å². The lowest BCUT2D eigenvalue weighted by molar-refractivity contribution is -0.140. The summed E-state index contributed by atoms with van der Waals surface area (Å²) in [5.74, 6) is 1.61. The predicted molar refractivity (Wildman–Crippen MR) is 278 cm³/mol. The highest BCUT2D eigenvalue weighted by Gasteiger charge is 2.57. The number of hydrogen-bond donors (Lipinski definition) is 4. The van der Waals surface area contributed by atoms with Crippen LogP contribution < -0.4 is 20.1 Å². The highest BCUT2D eigenvalue weighted by atomic mass is 19.1. The largest absolute Gasteiger partial charge is 0.493 e. The number of halogens is 1. The fraction of sp³-hybridized carbons (Fsp3) is 0.474. The van der Waals surface area contributed by atoms with E-state index < -0.39 is 41.9 Å². The average molecular weight is 1040 g/mol. The molecule has 4 fully saturated rings. The molecule has 18 nitrogen and oxygen atoms in total. The van der Waals surface area contributed by atoms with Gasteiger partial charge in [-0.05, 0) is 125 Å². The summed E-state index contributed by atoms with van der Waals surface area (Å²) >= 11 is 0. The summed E-state index contributed by atoms with van der Waals surface area (Å²) in [5.41, 5.74) is 6.03. The van der Waals surface area contributed by atoms with Gasteiger partial charge in [-0.1, -0.05) is 32.0 Å². The number of likely N-dealkylation sites (tertiary alicyclic amines) is 2. The maximum absolute atomic E-state index is 17.1. The quantitative estimate of drug-likeness (QED) is 0.0962. The van der Waals surface area contributed by atoms with E-state index in [1.807, 2.05) is 67.5 Å². The maximum atomic E-state index is 17.1. The normalized spacial score (nSPS) is 23.8. The van der Waals surface area contributed by atoms with Crippen LogP contribution in [0.15, 0.2) is 67.0 Å². The Morgan fingerprint density at radius 3 is 2.36 bits per heavy atom. The number of aromatic nitrogens is 5. The Morgan fingerprint density at radius 2 is 1.59 bits per heavy atom. The number of aromatic amines is 2. The molecule has 0 spiro atoms. The topological polar surface area (TPSA) is 207 Å². The van der Waals surface area contributed by atoms with Crippen molar-refractivity contribution >= 4 is 34.9 Å². The molecule has 4 amide bonds. The number of aryl methyl sites for hydroxylation is 1. The van der Waals surface area contributed by atoms with Crippen molar-refractivity contribution in [1.29, 1.82) is 0 Å². The summed E-state index contributed by atoms with van der Waals surface area (Å²) in [6.45, 7) is 9.38. The van der Waals surface area contributed by atoms with Gasteiger partial charge in [0.25, 0.3) is 0 Å². The molecule has 3 aromatic heterocycles. The highest BCUT2D eigenvalue weighted by Crippen LogP contribution is 2.54. The van der Waals surface area contributed by atoms with Crippen molar-refractivity contribution in [2.75, 3.05) is 34.0 Å². The van der Waals surface area contributed by atoms with Crippen LogP contribution in [0.2, 0.25) is 0 Å². The average Bonchev–Trinajstić information content (AvgIpc) is 4.12. The smallest absolute Gasteiger partial charge is 0.407 e. The molecule has 76 heavy (non-hydrogen) atoms. The fourth-order valence-corrected chi connectivity index (χ4v) is 12.6. The van der Waals surface area contributed by atoms with Crippen molar-refractivity contribution in [3.8, 4) is 45.3 Å². The van der Waals surface area contributed by atoms with Crippen LogP contribution in [0, 0.1) is 23.6 Å². The van der Waals surface area contributed by atoms with Gasteiger partial charge in [-0.2, -0.15) is 0 Å². The first-order chi connectivity index (χ1) is 36.7. The van der Waals surface area contributed by atoms with E-state index in [-0.39, 0.29) is 41.8 Å². The van der Waals surface area contributed by atoms with E-state index >= 15 is 4.39 Å². The molecule has 6 aromatic rings. The second kappa shape index (κ2) is 19.3. The summed E-state index contributed by atoms with van der Waals surface area (Å²) in [6, 6.07) is 15.4.